The summed E-state index contributed by atoms with van der Waals surface area (Å²) in [5.41, 5.74) is 1.23. The van der Waals surface area contributed by atoms with Crippen molar-refractivity contribution < 1.29 is 23.9 Å². The number of ketones is 1. The van der Waals surface area contributed by atoms with Gasteiger partial charge in [0, 0.05) is 44.5 Å². The van der Waals surface area contributed by atoms with E-state index in [0.29, 0.717) is 48.4 Å². The highest BCUT2D eigenvalue weighted by Gasteiger charge is 2.45. The van der Waals surface area contributed by atoms with Crippen molar-refractivity contribution in [1.82, 2.24) is 14.8 Å². The number of likely N-dealkylation sites (tertiary alicyclic amines) is 1. The lowest BCUT2D eigenvalue weighted by molar-refractivity contribution is -0.126. The third-order valence-electron chi connectivity index (χ3n) is 7.30. The fourth-order valence-corrected chi connectivity index (χ4v) is 5.27. The van der Waals surface area contributed by atoms with E-state index >= 15 is 0 Å². The number of anilines is 1. The normalized spacial score (nSPS) is 19.5. The van der Waals surface area contributed by atoms with Gasteiger partial charge in [0.1, 0.15) is 17.7 Å². The summed E-state index contributed by atoms with van der Waals surface area (Å²) in [7, 11) is 3.25. The number of benzene rings is 1. The molecule has 0 spiro atoms. The standard InChI is InChI=1S/C29H38N4O6/c1-18-16-21-23(27(36)33(18)17-22(34)19-10-8-7-9-11-19)25(38-6)24(31(21)5)26(35)30-20-12-14-32(15-13-20)28(37)39-29(2,3)4/h7-11,16,20,24-25H,12-15,17H2,1-6H3,(H,30,35). The molecule has 0 radical (unpaired) electrons. The van der Waals surface area contributed by atoms with Gasteiger partial charge in [-0.2, -0.15) is 0 Å². The molecule has 0 aliphatic carbocycles. The highest BCUT2D eigenvalue weighted by Crippen LogP contribution is 2.39. The van der Waals surface area contributed by atoms with Gasteiger partial charge < -0.3 is 29.2 Å². The van der Waals surface area contributed by atoms with Crippen molar-refractivity contribution in [3.63, 3.8) is 0 Å². The van der Waals surface area contributed by atoms with E-state index in [1.54, 1.807) is 48.0 Å². The van der Waals surface area contributed by atoms with Gasteiger partial charge in [-0.1, -0.05) is 30.3 Å². The predicted molar refractivity (Wildman–Crippen MR) is 147 cm³/mol. The Hall–Kier alpha value is -3.66. The Labute approximate surface area is 228 Å². The molecule has 1 fully saturated rings. The molecule has 3 heterocycles. The fourth-order valence-electron chi connectivity index (χ4n) is 5.27. The first-order valence-electron chi connectivity index (χ1n) is 13.3. The van der Waals surface area contributed by atoms with E-state index in [-0.39, 0.29) is 35.9 Å². The number of hydrogen-bond donors (Lipinski definition) is 1. The zero-order valence-corrected chi connectivity index (χ0v) is 23.5. The van der Waals surface area contributed by atoms with Crippen LogP contribution in [0.5, 0.6) is 0 Å². The molecule has 4 rings (SSSR count). The SMILES string of the molecule is COC1c2c(cc(C)n(CC(=O)c3ccccc3)c2=O)N(C)C1C(=O)NC1CCN(C(=O)OC(C)(C)C)CC1. The van der Waals surface area contributed by atoms with E-state index < -0.39 is 17.7 Å². The third kappa shape index (κ3) is 6.00. The fraction of sp³-hybridized carbons (Fsp3) is 0.517. The highest BCUT2D eigenvalue weighted by atomic mass is 16.6. The number of amides is 2. The van der Waals surface area contributed by atoms with Crippen molar-refractivity contribution >= 4 is 23.5 Å². The maximum absolute atomic E-state index is 13.6. The van der Waals surface area contributed by atoms with Crippen molar-refractivity contribution in [1.29, 1.82) is 0 Å². The summed E-state index contributed by atoms with van der Waals surface area (Å²) >= 11 is 0. The van der Waals surface area contributed by atoms with Crippen LogP contribution in [0.3, 0.4) is 0 Å². The molecular formula is C29H38N4O6. The minimum absolute atomic E-state index is 0.102. The predicted octanol–water partition coefficient (Wildman–Crippen LogP) is 3.06. The van der Waals surface area contributed by atoms with Crippen LogP contribution >= 0.6 is 0 Å². The maximum atomic E-state index is 13.6. The van der Waals surface area contributed by atoms with E-state index in [0.717, 1.165) is 0 Å². The van der Waals surface area contributed by atoms with Crippen molar-refractivity contribution in [2.75, 3.05) is 32.1 Å². The average Bonchev–Trinajstić information content (AvgIpc) is 3.17. The molecular weight excluding hydrogens is 500 g/mol. The number of ether oxygens (including phenoxy) is 2. The number of Topliss-reactive ketones (excluding diaryl/α,β-unsaturated/α-hetero) is 1. The van der Waals surface area contributed by atoms with Crippen LogP contribution in [0.15, 0.2) is 41.2 Å². The van der Waals surface area contributed by atoms with Crippen LogP contribution < -0.4 is 15.8 Å². The molecule has 1 N–H and O–H groups in total. The molecule has 2 aromatic rings. The number of hydrogen-bond acceptors (Lipinski definition) is 7. The topological polar surface area (TPSA) is 110 Å². The number of piperidine rings is 1. The van der Waals surface area contributed by atoms with Crippen LogP contribution in [-0.2, 0) is 20.8 Å². The first-order chi connectivity index (χ1) is 18.4. The van der Waals surface area contributed by atoms with Gasteiger partial charge >= 0.3 is 6.09 Å². The monoisotopic (exact) mass is 538 g/mol. The number of rotatable bonds is 6. The Bertz CT molecular complexity index is 1290. The van der Waals surface area contributed by atoms with Crippen LogP contribution in [0.1, 0.15) is 61.3 Å². The second-order valence-corrected chi connectivity index (χ2v) is 11.2. The summed E-state index contributed by atoms with van der Waals surface area (Å²) < 4.78 is 12.6. The number of nitrogens with one attached hydrogen (secondary N) is 1. The first kappa shape index (κ1) is 28.4. The molecule has 2 aliphatic rings. The smallest absolute Gasteiger partial charge is 0.410 e. The lowest BCUT2D eigenvalue weighted by Crippen LogP contribution is -2.52. The number of aryl methyl sites for hydroxylation is 1. The summed E-state index contributed by atoms with van der Waals surface area (Å²) in [4.78, 5) is 55.8. The number of carbonyl (C=O) groups is 3. The molecule has 2 aliphatic heterocycles. The van der Waals surface area contributed by atoms with E-state index in [9.17, 15) is 19.2 Å². The Kier molecular flexibility index (Phi) is 8.15. The zero-order valence-electron chi connectivity index (χ0n) is 23.5. The van der Waals surface area contributed by atoms with Gasteiger partial charge in [-0.15, -0.1) is 0 Å². The number of carbonyl (C=O) groups excluding carboxylic acids is 3. The van der Waals surface area contributed by atoms with Crippen LogP contribution in [0.2, 0.25) is 0 Å². The van der Waals surface area contributed by atoms with E-state index in [1.165, 1.54) is 11.7 Å². The number of nitrogens with zero attached hydrogens (tertiary/aromatic N) is 3. The summed E-state index contributed by atoms with van der Waals surface area (Å²) in [6, 6.07) is 9.80. The summed E-state index contributed by atoms with van der Waals surface area (Å²) in [5.74, 6) is -0.423. The summed E-state index contributed by atoms with van der Waals surface area (Å²) in [6.45, 7) is 8.13. The molecule has 1 saturated heterocycles. The van der Waals surface area contributed by atoms with Crippen LogP contribution in [0.4, 0.5) is 10.5 Å². The number of likely N-dealkylation sites (N-methyl/N-ethyl adjacent to an activating group) is 1. The molecule has 0 saturated carbocycles. The minimum Gasteiger partial charge on any atom is -0.444 e. The molecule has 0 bridgehead atoms. The van der Waals surface area contributed by atoms with Crippen LogP contribution in [-0.4, -0.2) is 72.2 Å². The quantitative estimate of drug-likeness (QED) is 0.563. The van der Waals surface area contributed by atoms with E-state index in [1.807, 2.05) is 32.9 Å². The Morgan fingerprint density at radius 2 is 1.72 bits per heavy atom. The molecule has 1 aromatic carbocycles. The summed E-state index contributed by atoms with van der Waals surface area (Å²) in [5, 5.41) is 3.10. The average molecular weight is 539 g/mol. The van der Waals surface area contributed by atoms with Gasteiger partial charge in [-0.25, -0.2) is 4.79 Å². The van der Waals surface area contributed by atoms with Gasteiger partial charge in [0.15, 0.2) is 5.78 Å². The first-order valence-corrected chi connectivity index (χ1v) is 13.3. The Morgan fingerprint density at radius 1 is 1.08 bits per heavy atom. The molecule has 2 unspecified atom stereocenters. The number of fused-ring (bicyclic) bond motifs is 1. The van der Waals surface area contributed by atoms with Crippen LogP contribution in [0, 0.1) is 6.92 Å². The Balaban J connectivity index is 1.48. The second-order valence-electron chi connectivity index (χ2n) is 11.2. The number of pyridine rings is 1. The van der Waals surface area contributed by atoms with Gasteiger partial charge in [0.25, 0.3) is 5.56 Å². The number of methoxy groups -OCH3 is 1. The molecule has 2 atom stereocenters. The van der Waals surface area contributed by atoms with Gasteiger partial charge in [-0.3, -0.25) is 14.4 Å². The van der Waals surface area contributed by atoms with Gasteiger partial charge in [0.2, 0.25) is 5.91 Å². The van der Waals surface area contributed by atoms with Crippen molar-refractivity contribution in [2.45, 2.75) is 70.9 Å². The molecule has 39 heavy (non-hydrogen) atoms. The van der Waals surface area contributed by atoms with Crippen molar-refractivity contribution in [3.8, 4) is 0 Å². The van der Waals surface area contributed by atoms with E-state index in [4.69, 9.17) is 9.47 Å². The highest BCUT2D eigenvalue weighted by molar-refractivity contribution is 5.96. The summed E-state index contributed by atoms with van der Waals surface area (Å²) in [6.07, 6.45) is 0.0482. The second kappa shape index (κ2) is 11.2. The van der Waals surface area contributed by atoms with Crippen LogP contribution in [0.25, 0.3) is 0 Å². The lowest BCUT2D eigenvalue weighted by Gasteiger charge is -2.35. The molecule has 10 heteroatoms. The molecule has 210 valence electrons. The van der Waals surface area contributed by atoms with Crippen molar-refractivity contribution in [2.24, 2.45) is 0 Å². The van der Waals surface area contributed by atoms with Crippen molar-refractivity contribution in [3.05, 3.63) is 63.6 Å². The lowest BCUT2D eigenvalue weighted by atomic mass is 10.0. The Morgan fingerprint density at radius 3 is 2.31 bits per heavy atom. The molecule has 1 aromatic heterocycles. The van der Waals surface area contributed by atoms with Gasteiger partial charge in [-0.05, 0) is 46.6 Å². The number of aromatic nitrogens is 1. The van der Waals surface area contributed by atoms with Gasteiger partial charge in [0.05, 0.1) is 17.8 Å². The minimum atomic E-state index is -0.793. The maximum Gasteiger partial charge on any atom is 0.410 e. The van der Waals surface area contributed by atoms with E-state index in [2.05, 4.69) is 5.32 Å². The molecule has 10 nitrogen and oxygen atoms in total. The third-order valence-corrected chi connectivity index (χ3v) is 7.30. The molecule has 2 amide bonds. The zero-order chi connectivity index (χ0) is 28.5. The largest absolute Gasteiger partial charge is 0.444 e.